The average Bonchev–Trinajstić information content (AvgIpc) is 1.59. The predicted molar refractivity (Wildman–Crippen MR) is 43.9 cm³/mol. The molecule has 0 atom stereocenters. The lowest BCUT2D eigenvalue weighted by atomic mass is 9.88. The number of allylic oxidation sites excluding steroid dienone is 2. The highest BCUT2D eigenvalue weighted by Gasteiger charge is 2.09. The smallest absolute Gasteiger partial charge is 0.142 e. The monoisotopic (exact) mass is 140 g/mol. The molecule has 1 nitrogen and oxygen atoms in total. The highest BCUT2D eigenvalue weighted by molar-refractivity contribution is 5.65. The van der Waals surface area contributed by atoms with Gasteiger partial charge in [-0.1, -0.05) is 26.3 Å². The summed E-state index contributed by atoms with van der Waals surface area (Å²) in [5, 5.41) is 0. The first-order chi connectivity index (χ1) is 4.45. The van der Waals surface area contributed by atoms with E-state index in [-0.39, 0.29) is 0 Å². The summed E-state index contributed by atoms with van der Waals surface area (Å²) in [6, 6.07) is 0. The first-order valence-electron chi connectivity index (χ1n) is 3.56. The molecule has 0 radical (unpaired) electrons. The minimum atomic E-state index is 0.295. The second-order valence-corrected chi connectivity index (χ2v) is 3.89. The van der Waals surface area contributed by atoms with Crippen molar-refractivity contribution in [1.82, 2.24) is 0 Å². The Labute approximate surface area is 63.1 Å². The molecule has 1 heteroatoms. The van der Waals surface area contributed by atoms with Crippen LogP contribution in [-0.2, 0) is 4.79 Å². The largest absolute Gasteiger partial charge is 0.299 e. The van der Waals surface area contributed by atoms with Gasteiger partial charge in [0.05, 0.1) is 0 Å². The number of carbonyl (C=O) groups excluding carboxylic acids is 1. The number of hydrogen-bond donors (Lipinski definition) is 0. The maximum atomic E-state index is 10.0. The summed E-state index contributed by atoms with van der Waals surface area (Å²) in [6.45, 7) is 8.47. The Hall–Kier alpha value is -0.590. The molecule has 0 bridgehead atoms. The van der Waals surface area contributed by atoms with Crippen LogP contribution in [0.5, 0.6) is 0 Å². The van der Waals surface area contributed by atoms with E-state index in [0.29, 0.717) is 5.41 Å². The molecule has 0 aliphatic rings. The van der Waals surface area contributed by atoms with Crippen LogP contribution in [0, 0.1) is 5.41 Å². The Bertz CT molecular complexity index is 137. The van der Waals surface area contributed by atoms with E-state index in [9.17, 15) is 4.79 Å². The zero-order valence-corrected chi connectivity index (χ0v) is 7.27. The second-order valence-electron chi connectivity index (χ2n) is 3.89. The molecule has 58 valence electrons. The van der Waals surface area contributed by atoms with Gasteiger partial charge in [-0.25, -0.2) is 0 Å². The standard InChI is InChI=1S/C9H16O/c1-8(5-6-10)7-9(2,3)4/h5-6H,7H2,1-4H3/b8-5-. The summed E-state index contributed by atoms with van der Waals surface area (Å²) in [6.07, 6.45) is 3.47. The van der Waals surface area contributed by atoms with E-state index in [0.717, 1.165) is 18.3 Å². The molecule has 0 rings (SSSR count). The third kappa shape index (κ3) is 5.54. The third-order valence-corrected chi connectivity index (χ3v) is 1.16. The van der Waals surface area contributed by atoms with Crippen molar-refractivity contribution in [3.63, 3.8) is 0 Å². The van der Waals surface area contributed by atoms with Crippen molar-refractivity contribution < 1.29 is 4.79 Å². The van der Waals surface area contributed by atoms with Gasteiger partial charge in [0.2, 0.25) is 0 Å². The van der Waals surface area contributed by atoms with Gasteiger partial charge in [0, 0.05) is 0 Å². The molecule has 0 heterocycles. The lowest BCUT2D eigenvalue weighted by Gasteiger charge is -2.17. The zero-order valence-electron chi connectivity index (χ0n) is 7.27. The summed E-state index contributed by atoms with van der Waals surface area (Å²) < 4.78 is 0. The minimum Gasteiger partial charge on any atom is -0.299 e. The minimum absolute atomic E-state index is 0.295. The van der Waals surface area contributed by atoms with Gasteiger partial charge in [0.15, 0.2) is 0 Å². The fourth-order valence-electron chi connectivity index (χ4n) is 1.01. The molecule has 0 aromatic rings. The van der Waals surface area contributed by atoms with Crippen molar-refractivity contribution in [2.45, 2.75) is 34.1 Å². The van der Waals surface area contributed by atoms with Gasteiger partial charge in [-0.3, -0.25) is 4.79 Å². The van der Waals surface area contributed by atoms with Gasteiger partial charge in [0.1, 0.15) is 6.29 Å². The highest BCUT2D eigenvalue weighted by Crippen LogP contribution is 2.22. The Morgan fingerprint density at radius 3 is 2.20 bits per heavy atom. The van der Waals surface area contributed by atoms with E-state index in [4.69, 9.17) is 0 Å². The van der Waals surface area contributed by atoms with Crippen molar-refractivity contribution >= 4 is 6.29 Å². The van der Waals surface area contributed by atoms with Crippen molar-refractivity contribution in [3.8, 4) is 0 Å². The van der Waals surface area contributed by atoms with Crippen molar-refractivity contribution in [2.75, 3.05) is 0 Å². The van der Waals surface area contributed by atoms with Crippen LogP contribution in [0.3, 0.4) is 0 Å². The Kier molecular flexibility index (Phi) is 3.34. The SMILES string of the molecule is C/C(=C/C=O)CC(C)(C)C. The zero-order chi connectivity index (χ0) is 8.20. The van der Waals surface area contributed by atoms with Gasteiger partial charge in [-0.05, 0) is 24.8 Å². The number of rotatable bonds is 2. The summed E-state index contributed by atoms with van der Waals surface area (Å²) in [4.78, 5) is 10.0. The first-order valence-corrected chi connectivity index (χ1v) is 3.56. The molecule has 0 saturated carbocycles. The molecule has 0 aromatic carbocycles. The molecule has 0 fully saturated rings. The highest BCUT2D eigenvalue weighted by atomic mass is 16.1. The molecule has 0 aliphatic heterocycles. The molecule has 0 unspecified atom stereocenters. The molecular weight excluding hydrogens is 124 g/mol. The van der Waals surface area contributed by atoms with Crippen molar-refractivity contribution in [1.29, 1.82) is 0 Å². The summed E-state index contributed by atoms with van der Waals surface area (Å²) in [5.74, 6) is 0. The van der Waals surface area contributed by atoms with Crippen molar-refractivity contribution in [2.24, 2.45) is 5.41 Å². The van der Waals surface area contributed by atoms with Crippen LogP contribution in [0.15, 0.2) is 11.6 Å². The Morgan fingerprint density at radius 1 is 1.40 bits per heavy atom. The van der Waals surface area contributed by atoms with E-state index in [1.807, 2.05) is 6.92 Å². The summed E-state index contributed by atoms with van der Waals surface area (Å²) in [7, 11) is 0. The van der Waals surface area contributed by atoms with Crippen LogP contribution in [0.1, 0.15) is 34.1 Å². The summed E-state index contributed by atoms with van der Waals surface area (Å²) in [5.41, 5.74) is 1.45. The van der Waals surface area contributed by atoms with E-state index >= 15 is 0 Å². The molecule has 10 heavy (non-hydrogen) atoms. The normalized spacial score (nSPS) is 13.4. The van der Waals surface area contributed by atoms with Gasteiger partial charge in [-0.2, -0.15) is 0 Å². The number of hydrogen-bond acceptors (Lipinski definition) is 1. The molecule has 0 aliphatic carbocycles. The van der Waals surface area contributed by atoms with Crippen LogP contribution in [0.2, 0.25) is 0 Å². The molecule has 0 amide bonds. The van der Waals surface area contributed by atoms with Crippen LogP contribution in [0.4, 0.5) is 0 Å². The molecular formula is C9H16O. The summed E-state index contributed by atoms with van der Waals surface area (Å²) >= 11 is 0. The van der Waals surface area contributed by atoms with Crippen LogP contribution in [-0.4, -0.2) is 6.29 Å². The second kappa shape index (κ2) is 3.55. The van der Waals surface area contributed by atoms with Crippen LogP contribution < -0.4 is 0 Å². The fraction of sp³-hybridized carbons (Fsp3) is 0.667. The van der Waals surface area contributed by atoms with Crippen molar-refractivity contribution in [3.05, 3.63) is 11.6 Å². The van der Waals surface area contributed by atoms with Crippen LogP contribution in [0.25, 0.3) is 0 Å². The maximum absolute atomic E-state index is 10.0. The number of carbonyl (C=O) groups is 1. The predicted octanol–water partition coefficient (Wildman–Crippen LogP) is 2.57. The fourth-order valence-corrected chi connectivity index (χ4v) is 1.01. The van der Waals surface area contributed by atoms with Gasteiger partial charge >= 0.3 is 0 Å². The molecule has 0 saturated heterocycles. The number of aldehydes is 1. The Morgan fingerprint density at radius 2 is 1.90 bits per heavy atom. The third-order valence-electron chi connectivity index (χ3n) is 1.16. The van der Waals surface area contributed by atoms with E-state index in [2.05, 4.69) is 20.8 Å². The van der Waals surface area contributed by atoms with E-state index in [1.54, 1.807) is 6.08 Å². The topological polar surface area (TPSA) is 17.1 Å². The van der Waals surface area contributed by atoms with Crippen LogP contribution >= 0.6 is 0 Å². The molecule has 0 aromatic heterocycles. The molecule has 0 N–H and O–H groups in total. The first kappa shape index (κ1) is 9.41. The van der Waals surface area contributed by atoms with Gasteiger partial charge < -0.3 is 0 Å². The average molecular weight is 140 g/mol. The lowest BCUT2D eigenvalue weighted by molar-refractivity contribution is -0.104. The Balaban J connectivity index is 3.91. The van der Waals surface area contributed by atoms with E-state index < -0.39 is 0 Å². The van der Waals surface area contributed by atoms with Gasteiger partial charge in [-0.15, -0.1) is 0 Å². The van der Waals surface area contributed by atoms with E-state index in [1.165, 1.54) is 0 Å². The maximum Gasteiger partial charge on any atom is 0.142 e. The van der Waals surface area contributed by atoms with Gasteiger partial charge in [0.25, 0.3) is 0 Å². The lowest BCUT2D eigenvalue weighted by Crippen LogP contribution is -2.04. The quantitative estimate of drug-likeness (QED) is 0.425. The molecule has 0 spiro atoms.